The molecule has 0 fully saturated rings. The lowest BCUT2D eigenvalue weighted by Gasteiger charge is -2.17. The summed E-state index contributed by atoms with van der Waals surface area (Å²) in [6.45, 7) is 6.08. The number of hydrogen-bond acceptors (Lipinski definition) is 4. The second-order valence-electron chi connectivity index (χ2n) is 7.36. The highest BCUT2D eigenvalue weighted by molar-refractivity contribution is 7.92. The number of carbonyl (C=O) groups is 1. The zero-order valence-corrected chi connectivity index (χ0v) is 17.3. The van der Waals surface area contributed by atoms with Crippen LogP contribution in [0.3, 0.4) is 0 Å². The normalized spacial score (nSPS) is 13.4. The van der Waals surface area contributed by atoms with E-state index in [9.17, 15) is 13.2 Å². The number of nitrogens with one attached hydrogen (secondary N) is 1. The lowest BCUT2D eigenvalue weighted by molar-refractivity contribution is 0.0963. The number of furan rings is 1. The lowest BCUT2D eigenvalue weighted by atomic mass is 10.1. The SMILES string of the molecule is Cc1cc(C)c(S(=O)(=O)Nc2ccc3c(c2)CCN3C(=O)c2ccco2)c(C)c1. The van der Waals surface area contributed by atoms with Crippen LogP contribution in [0.15, 0.2) is 58.0 Å². The molecule has 29 heavy (non-hydrogen) atoms. The van der Waals surface area contributed by atoms with Gasteiger partial charge in [-0.15, -0.1) is 0 Å². The van der Waals surface area contributed by atoms with Gasteiger partial charge in [0.1, 0.15) is 0 Å². The quantitative estimate of drug-likeness (QED) is 0.699. The molecule has 1 amide bonds. The highest BCUT2D eigenvalue weighted by Gasteiger charge is 2.28. The van der Waals surface area contributed by atoms with E-state index in [0.717, 1.165) is 16.8 Å². The highest BCUT2D eigenvalue weighted by Crippen LogP contribution is 2.33. The van der Waals surface area contributed by atoms with Gasteiger partial charge in [0.05, 0.1) is 11.2 Å². The molecule has 0 saturated heterocycles. The smallest absolute Gasteiger partial charge is 0.293 e. The number of hydrogen-bond donors (Lipinski definition) is 1. The van der Waals surface area contributed by atoms with Gasteiger partial charge in [-0.25, -0.2) is 8.42 Å². The molecular formula is C22H22N2O4S. The third-order valence-electron chi connectivity index (χ3n) is 5.08. The molecule has 6 nitrogen and oxygen atoms in total. The van der Waals surface area contributed by atoms with Crippen LogP contribution in [0, 0.1) is 20.8 Å². The fourth-order valence-electron chi connectivity index (χ4n) is 4.01. The lowest BCUT2D eigenvalue weighted by Crippen LogP contribution is -2.28. The third-order valence-corrected chi connectivity index (χ3v) is 6.76. The summed E-state index contributed by atoms with van der Waals surface area (Å²) in [6, 6.07) is 12.3. The van der Waals surface area contributed by atoms with E-state index in [1.165, 1.54) is 6.26 Å². The Morgan fingerprint density at radius 1 is 1.07 bits per heavy atom. The molecule has 150 valence electrons. The minimum atomic E-state index is -3.72. The molecule has 0 bridgehead atoms. The van der Waals surface area contributed by atoms with Gasteiger partial charge in [0, 0.05) is 17.9 Å². The van der Waals surface area contributed by atoms with Gasteiger partial charge >= 0.3 is 0 Å². The molecule has 3 aromatic rings. The standard InChI is InChI=1S/C22H22N2O4S/c1-14-11-15(2)21(16(3)12-14)29(26,27)23-18-6-7-19-17(13-18)8-9-24(19)22(25)20-5-4-10-28-20/h4-7,10-13,23H,8-9H2,1-3H3. The number of nitrogens with zero attached hydrogens (tertiary/aromatic N) is 1. The maximum atomic E-state index is 13.0. The van der Waals surface area contributed by atoms with Gasteiger partial charge in [0.2, 0.25) is 0 Å². The minimum absolute atomic E-state index is 0.201. The summed E-state index contributed by atoms with van der Waals surface area (Å²) >= 11 is 0. The number of aryl methyl sites for hydroxylation is 3. The monoisotopic (exact) mass is 410 g/mol. The molecule has 0 saturated carbocycles. The molecule has 4 rings (SSSR count). The van der Waals surface area contributed by atoms with Crippen LogP contribution < -0.4 is 9.62 Å². The van der Waals surface area contributed by atoms with Crippen LogP contribution in [-0.2, 0) is 16.4 Å². The summed E-state index contributed by atoms with van der Waals surface area (Å²) in [7, 11) is -3.72. The van der Waals surface area contributed by atoms with E-state index in [1.807, 2.05) is 19.1 Å². The maximum Gasteiger partial charge on any atom is 0.293 e. The van der Waals surface area contributed by atoms with Crippen LogP contribution in [0.25, 0.3) is 0 Å². The molecule has 1 aliphatic rings. The number of rotatable bonds is 4. The van der Waals surface area contributed by atoms with Crippen LogP contribution in [0.4, 0.5) is 11.4 Å². The first-order valence-electron chi connectivity index (χ1n) is 9.35. The van der Waals surface area contributed by atoms with Crippen molar-refractivity contribution in [3.63, 3.8) is 0 Å². The van der Waals surface area contributed by atoms with E-state index in [0.29, 0.717) is 34.7 Å². The largest absolute Gasteiger partial charge is 0.459 e. The van der Waals surface area contributed by atoms with Crippen LogP contribution in [0.1, 0.15) is 32.8 Å². The predicted octanol–water partition coefficient (Wildman–Crippen LogP) is 4.21. The molecule has 0 spiro atoms. The Hall–Kier alpha value is -3.06. The van der Waals surface area contributed by atoms with Crippen molar-refractivity contribution >= 4 is 27.3 Å². The van der Waals surface area contributed by atoms with E-state index in [2.05, 4.69) is 4.72 Å². The topological polar surface area (TPSA) is 79.6 Å². The molecule has 0 radical (unpaired) electrons. The van der Waals surface area contributed by atoms with Crippen LogP contribution in [0.5, 0.6) is 0 Å². The Balaban J connectivity index is 1.62. The van der Waals surface area contributed by atoms with Crippen molar-refractivity contribution in [2.45, 2.75) is 32.1 Å². The third kappa shape index (κ3) is 3.53. The fourth-order valence-corrected chi connectivity index (χ4v) is 5.51. The highest BCUT2D eigenvalue weighted by atomic mass is 32.2. The van der Waals surface area contributed by atoms with Crippen molar-refractivity contribution in [1.29, 1.82) is 0 Å². The maximum absolute atomic E-state index is 13.0. The number of anilines is 2. The molecule has 0 aliphatic carbocycles. The first-order valence-corrected chi connectivity index (χ1v) is 10.8. The number of carbonyl (C=O) groups excluding carboxylic acids is 1. The Bertz CT molecular complexity index is 1170. The van der Waals surface area contributed by atoms with Crippen LogP contribution in [0.2, 0.25) is 0 Å². The molecule has 2 aromatic carbocycles. The fraction of sp³-hybridized carbons (Fsp3) is 0.227. The van der Waals surface area contributed by atoms with Crippen molar-refractivity contribution < 1.29 is 17.6 Å². The van der Waals surface area contributed by atoms with E-state index in [-0.39, 0.29) is 11.7 Å². The van der Waals surface area contributed by atoms with Gasteiger partial charge in [-0.05, 0) is 74.2 Å². The summed E-state index contributed by atoms with van der Waals surface area (Å²) in [5.74, 6) is 0.0842. The predicted molar refractivity (Wildman–Crippen MR) is 112 cm³/mol. The van der Waals surface area contributed by atoms with Gasteiger partial charge < -0.3 is 9.32 Å². The van der Waals surface area contributed by atoms with Gasteiger partial charge in [0.25, 0.3) is 15.9 Å². The van der Waals surface area contributed by atoms with E-state index in [4.69, 9.17) is 4.42 Å². The molecule has 0 atom stereocenters. The molecule has 7 heteroatoms. The molecular weight excluding hydrogens is 388 g/mol. The Morgan fingerprint density at radius 2 is 1.79 bits per heavy atom. The van der Waals surface area contributed by atoms with Crippen molar-refractivity contribution in [3.05, 3.63) is 76.7 Å². The Morgan fingerprint density at radius 3 is 2.45 bits per heavy atom. The van der Waals surface area contributed by atoms with Crippen LogP contribution >= 0.6 is 0 Å². The van der Waals surface area contributed by atoms with Gasteiger partial charge in [-0.2, -0.15) is 0 Å². The zero-order chi connectivity index (χ0) is 20.8. The Labute approximate surface area is 170 Å². The van der Waals surface area contributed by atoms with Crippen molar-refractivity contribution in [2.75, 3.05) is 16.2 Å². The summed E-state index contributed by atoms with van der Waals surface area (Å²) in [6.07, 6.45) is 2.12. The molecule has 1 aromatic heterocycles. The average Bonchev–Trinajstić information content (AvgIpc) is 3.29. The summed E-state index contributed by atoms with van der Waals surface area (Å²) in [4.78, 5) is 14.6. The summed E-state index contributed by atoms with van der Waals surface area (Å²) in [5, 5.41) is 0. The van der Waals surface area contributed by atoms with Gasteiger partial charge in [0.15, 0.2) is 5.76 Å². The average molecular weight is 410 g/mol. The summed E-state index contributed by atoms with van der Waals surface area (Å²) in [5.41, 5.74) is 4.63. The van der Waals surface area contributed by atoms with Crippen molar-refractivity contribution in [1.82, 2.24) is 0 Å². The number of amides is 1. The molecule has 1 aliphatic heterocycles. The summed E-state index contributed by atoms with van der Waals surface area (Å²) < 4.78 is 33.9. The first kappa shape index (κ1) is 19.3. The van der Waals surface area contributed by atoms with E-state index < -0.39 is 10.0 Å². The van der Waals surface area contributed by atoms with E-state index in [1.54, 1.807) is 49.1 Å². The second-order valence-corrected chi connectivity index (χ2v) is 8.98. The number of sulfonamides is 1. The van der Waals surface area contributed by atoms with E-state index >= 15 is 0 Å². The van der Waals surface area contributed by atoms with Crippen molar-refractivity contribution in [2.24, 2.45) is 0 Å². The van der Waals surface area contributed by atoms with Crippen LogP contribution in [-0.4, -0.2) is 20.9 Å². The Kier molecular flexibility index (Phi) is 4.70. The minimum Gasteiger partial charge on any atom is -0.459 e. The number of fused-ring (bicyclic) bond motifs is 1. The molecule has 0 unspecified atom stereocenters. The first-order chi connectivity index (χ1) is 13.8. The van der Waals surface area contributed by atoms with Crippen molar-refractivity contribution in [3.8, 4) is 0 Å². The molecule has 2 heterocycles. The number of benzene rings is 2. The van der Waals surface area contributed by atoms with Gasteiger partial charge in [-0.1, -0.05) is 17.7 Å². The van der Waals surface area contributed by atoms with Gasteiger partial charge in [-0.3, -0.25) is 9.52 Å². The second kappa shape index (κ2) is 7.08. The molecule has 1 N–H and O–H groups in total. The zero-order valence-electron chi connectivity index (χ0n) is 16.5.